The van der Waals surface area contributed by atoms with Crippen LogP contribution in [-0.2, 0) is 16.6 Å². The first kappa shape index (κ1) is 15.8. The van der Waals surface area contributed by atoms with Gasteiger partial charge in [0.05, 0.1) is 12.2 Å². The molecule has 2 aromatic rings. The van der Waals surface area contributed by atoms with Gasteiger partial charge in [-0.1, -0.05) is 17.7 Å². The predicted molar refractivity (Wildman–Crippen MR) is 84.2 cm³/mol. The van der Waals surface area contributed by atoms with Crippen LogP contribution in [0, 0.1) is 6.92 Å². The Morgan fingerprint density at radius 2 is 1.91 bits per heavy atom. The minimum atomic E-state index is -0.334. The van der Waals surface area contributed by atoms with Crippen LogP contribution in [0.4, 0.5) is 5.69 Å². The second kappa shape index (κ2) is 6.89. The van der Waals surface area contributed by atoms with Gasteiger partial charge in [0, 0.05) is 24.5 Å². The molecule has 2 N–H and O–H groups in total. The van der Waals surface area contributed by atoms with Gasteiger partial charge in [-0.2, -0.15) is 5.10 Å². The van der Waals surface area contributed by atoms with Gasteiger partial charge in [-0.3, -0.25) is 14.3 Å². The van der Waals surface area contributed by atoms with Gasteiger partial charge >= 0.3 is 0 Å². The molecule has 2 rings (SSSR count). The average Bonchev–Trinajstić information content (AvgIpc) is 2.88. The lowest BCUT2D eigenvalue weighted by atomic mass is 10.2. The molecule has 0 spiro atoms. The lowest BCUT2D eigenvalue weighted by molar-refractivity contribution is -0.127. The molecule has 0 aliphatic heterocycles. The van der Waals surface area contributed by atoms with E-state index in [1.54, 1.807) is 10.9 Å². The SMILES string of the molecule is Cc1ccc(NC(=O)CC(=O)N[C@@H](C)c2cnn(C)c2)cc1. The summed E-state index contributed by atoms with van der Waals surface area (Å²) in [5, 5.41) is 9.54. The van der Waals surface area contributed by atoms with Crippen LogP contribution in [0.3, 0.4) is 0 Å². The minimum absolute atomic E-state index is 0.187. The summed E-state index contributed by atoms with van der Waals surface area (Å²) in [6, 6.07) is 7.24. The fraction of sp³-hybridized carbons (Fsp3) is 0.312. The number of carbonyl (C=O) groups excluding carboxylic acids is 2. The summed E-state index contributed by atoms with van der Waals surface area (Å²) >= 11 is 0. The Hall–Kier alpha value is -2.63. The van der Waals surface area contributed by atoms with Crippen molar-refractivity contribution in [3.63, 3.8) is 0 Å². The molecule has 1 aromatic carbocycles. The molecule has 22 heavy (non-hydrogen) atoms. The molecule has 0 fully saturated rings. The highest BCUT2D eigenvalue weighted by Gasteiger charge is 2.14. The first-order valence-electron chi connectivity index (χ1n) is 7.08. The zero-order chi connectivity index (χ0) is 16.1. The van der Waals surface area contributed by atoms with E-state index < -0.39 is 0 Å². The van der Waals surface area contributed by atoms with Crippen LogP contribution in [0.15, 0.2) is 36.7 Å². The van der Waals surface area contributed by atoms with Crippen LogP contribution in [0.25, 0.3) is 0 Å². The van der Waals surface area contributed by atoms with E-state index in [2.05, 4.69) is 15.7 Å². The summed E-state index contributed by atoms with van der Waals surface area (Å²) in [5.74, 6) is -0.652. The highest BCUT2D eigenvalue weighted by atomic mass is 16.2. The molecule has 0 radical (unpaired) electrons. The Morgan fingerprint density at radius 1 is 1.23 bits per heavy atom. The fourth-order valence-corrected chi connectivity index (χ4v) is 2.03. The van der Waals surface area contributed by atoms with Crippen LogP contribution < -0.4 is 10.6 Å². The zero-order valence-corrected chi connectivity index (χ0v) is 13.0. The lowest BCUT2D eigenvalue weighted by Gasteiger charge is -2.12. The predicted octanol–water partition coefficient (Wildman–Crippen LogP) is 1.93. The summed E-state index contributed by atoms with van der Waals surface area (Å²) in [6.45, 7) is 3.83. The third kappa shape index (κ3) is 4.44. The zero-order valence-electron chi connectivity index (χ0n) is 13.0. The number of benzene rings is 1. The molecule has 6 heteroatoms. The quantitative estimate of drug-likeness (QED) is 0.828. The monoisotopic (exact) mass is 300 g/mol. The molecule has 0 unspecified atom stereocenters. The molecule has 0 saturated carbocycles. The third-order valence-electron chi connectivity index (χ3n) is 3.26. The van der Waals surface area contributed by atoms with Crippen LogP contribution in [0.5, 0.6) is 0 Å². The van der Waals surface area contributed by atoms with Gasteiger partial charge in [0.1, 0.15) is 6.42 Å². The van der Waals surface area contributed by atoms with Crippen molar-refractivity contribution >= 4 is 17.5 Å². The van der Waals surface area contributed by atoms with E-state index in [1.165, 1.54) is 0 Å². The summed E-state index contributed by atoms with van der Waals surface area (Å²) in [6.07, 6.45) is 3.31. The topological polar surface area (TPSA) is 76.0 Å². The standard InChI is InChI=1S/C16H20N4O2/c1-11-4-6-14(7-5-11)19-16(22)8-15(21)18-12(2)13-9-17-20(3)10-13/h4-7,9-10,12H,8H2,1-3H3,(H,18,21)(H,19,22)/t12-/m0/s1. The van der Waals surface area contributed by atoms with Crippen LogP contribution in [-0.4, -0.2) is 21.6 Å². The Morgan fingerprint density at radius 3 is 2.50 bits per heavy atom. The normalized spacial score (nSPS) is 11.8. The Balaban J connectivity index is 1.83. The van der Waals surface area contributed by atoms with Crippen molar-refractivity contribution in [3.8, 4) is 0 Å². The van der Waals surface area contributed by atoms with Gasteiger partial charge in [-0.25, -0.2) is 0 Å². The van der Waals surface area contributed by atoms with Crippen molar-refractivity contribution in [1.82, 2.24) is 15.1 Å². The molecule has 116 valence electrons. The largest absolute Gasteiger partial charge is 0.349 e. The van der Waals surface area contributed by atoms with Crippen LogP contribution in [0.1, 0.15) is 30.5 Å². The van der Waals surface area contributed by atoms with E-state index in [4.69, 9.17) is 0 Å². The summed E-state index contributed by atoms with van der Waals surface area (Å²) in [4.78, 5) is 23.7. The van der Waals surface area contributed by atoms with Gasteiger partial charge < -0.3 is 10.6 Å². The van der Waals surface area contributed by atoms with Gasteiger partial charge in [-0.05, 0) is 26.0 Å². The molecule has 1 atom stereocenters. The highest BCUT2D eigenvalue weighted by Crippen LogP contribution is 2.11. The minimum Gasteiger partial charge on any atom is -0.349 e. The molecule has 1 heterocycles. The number of carbonyl (C=O) groups is 2. The first-order chi connectivity index (χ1) is 10.4. The maximum atomic E-state index is 11.9. The van der Waals surface area contributed by atoms with E-state index in [9.17, 15) is 9.59 Å². The number of hydrogen-bond acceptors (Lipinski definition) is 3. The summed E-state index contributed by atoms with van der Waals surface area (Å²) in [5.41, 5.74) is 2.69. The number of aryl methyl sites for hydroxylation is 2. The molecule has 0 bridgehead atoms. The lowest BCUT2D eigenvalue weighted by Crippen LogP contribution is -2.30. The molecule has 0 aliphatic carbocycles. The maximum Gasteiger partial charge on any atom is 0.233 e. The van der Waals surface area contributed by atoms with Gasteiger partial charge in [-0.15, -0.1) is 0 Å². The first-order valence-corrected chi connectivity index (χ1v) is 7.08. The average molecular weight is 300 g/mol. The van der Waals surface area contributed by atoms with E-state index in [-0.39, 0.29) is 24.3 Å². The molecule has 6 nitrogen and oxygen atoms in total. The number of nitrogens with one attached hydrogen (secondary N) is 2. The van der Waals surface area contributed by atoms with E-state index in [1.807, 2.05) is 51.4 Å². The van der Waals surface area contributed by atoms with Gasteiger partial charge in [0.2, 0.25) is 11.8 Å². The van der Waals surface area contributed by atoms with Gasteiger partial charge in [0.25, 0.3) is 0 Å². The molecular formula is C16H20N4O2. The smallest absolute Gasteiger partial charge is 0.233 e. The molecule has 2 amide bonds. The van der Waals surface area contributed by atoms with Crippen molar-refractivity contribution in [2.45, 2.75) is 26.3 Å². The van der Waals surface area contributed by atoms with Crippen LogP contribution in [0.2, 0.25) is 0 Å². The molecule has 1 aromatic heterocycles. The van der Waals surface area contributed by atoms with Crippen molar-refractivity contribution in [2.24, 2.45) is 7.05 Å². The number of amides is 2. The Bertz CT molecular complexity index is 661. The maximum absolute atomic E-state index is 11.9. The highest BCUT2D eigenvalue weighted by molar-refractivity contribution is 6.03. The molecule has 0 aliphatic rings. The second-order valence-electron chi connectivity index (χ2n) is 5.33. The second-order valence-corrected chi connectivity index (χ2v) is 5.33. The van der Waals surface area contributed by atoms with E-state index >= 15 is 0 Å². The van der Waals surface area contributed by atoms with E-state index in [0.29, 0.717) is 5.69 Å². The van der Waals surface area contributed by atoms with Crippen molar-refractivity contribution in [3.05, 3.63) is 47.8 Å². The fourth-order valence-electron chi connectivity index (χ4n) is 2.03. The number of aromatic nitrogens is 2. The van der Waals surface area contributed by atoms with Crippen molar-refractivity contribution in [2.75, 3.05) is 5.32 Å². The summed E-state index contributed by atoms with van der Waals surface area (Å²) < 4.78 is 1.67. The van der Waals surface area contributed by atoms with Gasteiger partial charge in [0.15, 0.2) is 0 Å². The number of hydrogen-bond donors (Lipinski definition) is 2. The Labute approximate surface area is 129 Å². The molecule has 0 saturated heterocycles. The number of rotatable bonds is 5. The summed E-state index contributed by atoms with van der Waals surface area (Å²) in [7, 11) is 1.81. The third-order valence-corrected chi connectivity index (χ3v) is 3.26. The van der Waals surface area contributed by atoms with Crippen molar-refractivity contribution < 1.29 is 9.59 Å². The van der Waals surface area contributed by atoms with Crippen LogP contribution >= 0.6 is 0 Å². The Kier molecular flexibility index (Phi) is 4.93. The number of nitrogens with zero attached hydrogens (tertiary/aromatic N) is 2. The van der Waals surface area contributed by atoms with E-state index in [0.717, 1.165) is 11.1 Å². The number of anilines is 1. The van der Waals surface area contributed by atoms with Crippen molar-refractivity contribution in [1.29, 1.82) is 0 Å². The molecular weight excluding hydrogens is 280 g/mol.